The van der Waals surface area contributed by atoms with Crippen LogP contribution in [0, 0.1) is 6.92 Å². The van der Waals surface area contributed by atoms with E-state index in [4.69, 9.17) is 14.6 Å². The Morgan fingerprint density at radius 2 is 1.91 bits per heavy atom. The topological polar surface area (TPSA) is 67.8 Å². The van der Waals surface area contributed by atoms with Gasteiger partial charge in [-0.1, -0.05) is 42.0 Å². The van der Waals surface area contributed by atoms with E-state index >= 15 is 0 Å². The highest BCUT2D eigenvalue weighted by atomic mass is 16.5. The minimum atomic E-state index is -0.894. The summed E-state index contributed by atoms with van der Waals surface area (Å²) >= 11 is 0. The molecule has 0 heterocycles. The molecule has 0 aromatic heterocycles. The molecule has 0 fully saturated rings. The monoisotopic (exact) mass is 315 g/mol. The van der Waals surface area contributed by atoms with Crippen molar-refractivity contribution >= 4 is 5.97 Å². The van der Waals surface area contributed by atoms with Gasteiger partial charge < -0.3 is 19.9 Å². The third-order valence-electron chi connectivity index (χ3n) is 3.38. The molecule has 5 heteroatoms. The minimum Gasteiger partial charge on any atom is -0.493 e. The van der Waals surface area contributed by atoms with Crippen molar-refractivity contribution in [2.45, 2.75) is 20.1 Å². The normalized spacial score (nSPS) is 10.3. The highest BCUT2D eigenvalue weighted by Gasteiger charge is 2.11. The highest BCUT2D eigenvalue weighted by molar-refractivity contribution is 5.69. The van der Waals surface area contributed by atoms with Gasteiger partial charge in [-0.25, -0.2) is 0 Å². The van der Waals surface area contributed by atoms with E-state index in [1.807, 2.05) is 49.4 Å². The van der Waals surface area contributed by atoms with Gasteiger partial charge in [0, 0.05) is 12.1 Å². The fraction of sp³-hybridized carbons (Fsp3) is 0.278. The Kier molecular flexibility index (Phi) is 6.00. The molecule has 0 atom stereocenters. The standard InChI is InChI=1S/C18H21NO4/c1-13-6-8-14(9-7-13)12-23-18-15(10-19-11-17(20)21)4-3-5-16(18)22-2/h3-9,19H,10-12H2,1-2H3,(H,20,21). The summed E-state index contributed by atoms with van der Waals surface area (Å²) in [5.41, 5.74) is 3.12. The predicted molar refractivity (Wildman–Crippen MR) is 87.8 cm³/mol. The van der Waals surface area contributed by atoms with Crippen LogP contribution in [0.5, 0.6) is 11.5 Å². The van der Waals surface area contributed by atoms with Gasteiger partial charge in [0.15, 0.2) is 11.5 Å². The van der Waals surface area contributed by atoms with Gasteiger partial charge in [-0.2, -0.15) is 0 Å². The number of hydrogen-bond acceptors (Lipinski definition) is 4. The van der Waals surface area contributed by atoms with Gasteiger partial charge in [-0.05, 0) is 18.6 Å². The lowest BCUT2D eigenvalue weighted by Gasteiger charge is -2.15. The van der Waals surface area contributed by atoms with Crippen molar-refractivity contribution in [1.82, 2.24) is 5.32 Å². The van der Waals surface area contributed by atoms with Crippen molar-refractivity contribution in [2.24, 2.45) is 0 Å². The number of methoxy groups -OCH3 is 1. The first-order valence-electron chi connectivity index (χ1n) is 7.37. The lowest BCUT2D eigenvalue weighted by Crippen LogP contribution is -2.22. The summed E-state index contributed by atoms with van der Waals surface area (Å²) in [6.07, 6.45) is 0. The van der Waals surface area contributed by atoms with Crippen molar-refractivity contribution in [3.05, 3.63) is 59.2 Å². The Hall–Kier alpha value is -2.53. The maximum Gasteiger partial charge on any atom is 0.317 e. The summed E-state index contributed by atoms with van der Waals surface area (Å²) in [4.78, 5) is 10.6. The largest absolute Gasteiger partial charge is 0.493 e. The van der Waals surface area contributed by atoms with Crippen LogP contribution in [0.3, 0.4) is 0 Å². The van der Waals surface area contributed by atoms with Gasteiger partial charge in [0.25, 0.3) is 0 Å². The lowest BCUT2D eigenvalue weighted by molar-refractivity contribution is -0.136. The second kappa shape index (κ2) is 8.19. The maximum atomic E-state index is 10.6. The summed E-state index contributed by atoms with van der Waals surface area (Å²) in [7, 11) is 1.59. The molecule has 2 aromatic carbocycles. The van der Waals surface area contributed by atoms with Crippen molar-refractivity contribution < 1.29 is 19.4 Å². The molecule has 0 amide bonds. The van der Waals surface area contributed by atoms with E-state index in [1.165, 1.54) is 5.56 Å². The van der Waals surface area contributed by atoms with Gasteiger partial charge in [-0.3, -0.25) is 4.79 Å². The van der Waals surface area contributed by atoms with E-state index < -0.39 is 5.97 Å². The molecular formula is C18H21NO4. The number of para-hydroxylation sites is 1. The molecule has 0 aliphatic heterocycles. The predicted octanol–water partition coefficient (Wildman–Crippen LogP) is 2.76. The van der Waals surface area contributed by atoms with Crippen LogP contribution in [0.25, 0.3) is 0 Å². The van der Waals surface area contributed by atoms with Crippen LogP contribution in [0.2, 0.25) is 0 Å². The molecule has 122 valence electrons. The fourth-order valence-corrected chi connectivity index (χ4v) is 2.17. The zero-order chi connectivity index (χ0) is 16.7. The van der Waals surface area contributed by atoms with E-state index in [9.17, 15) is 4.79 Å². The van der Waals surface area contributed by atoms with Crippen molar-refractivity contribution in [3.63, 3.8) is 0 Å². The molecule has 0 aliphatic carbocycles. The first kappa shape index (κ1) is 16.8. The molecule has 0 saturated heterocycles. The average Bonchev–Trinajstić information content (AvgIpc) is 2.54. The number of aryl methyl sites for hydroxylation is 1. The van der Waals surface area contributed by atoms with E-state index in [2.05, 4.69) is 5.32 Å². The minimum absolute atomic E-state index is 0.103. The van der Waals surface area contributed by atoms with Crippen LogP contribution >= 0.6 is 0 Å². The van der Waals surface area contributed by atoms with Crippen LogP contribution in [0.1, 0.15) is 16.7 Å². The molecule has 0 spiro atoms. The van der Waals surface area contributed by atoms with Crippen LogP contribution in [0.15, 0.2) is 42.5 Å². The van der Waals surface area contributed by atoms with Gasteiger partial charge in [-0.15, -0.1) is 0 Å². The molecule has 0 radical (unpaired) electrons. The Balaban J connectivity index is 2.10. The molecule has 5 nitrogen and oxygen atoms in total. The summed E-state index contributed by atoms with van der Waals surface area (Å²) in [6, 6.07) is 13.7. The van der Waals surface area contributed by atoms with Crippen molar-refractivity contribution in [3.8, 4) is 11.5 Å². The van der Waals surface area contributed by atoms with Gasteiger partial charge >= 0.3 is 5.97 Å². The van der Waals surface area contributed by atoms with Crippen molar-refractivity contribution in [2.75, 3.05) is 13.7 Å². The number of carboxylic acid groups (broad SMARTS) is 1. The van der Waals surface area contributed by atoms with E-state index in [1.54, 1.807) is 7.11 Å². The van der Waals surface area contributed by atoms with Crippen molar-refractivity contribution in [1.29, 1.82) is 0 Å². The number of benzene rings is 2. The molecule has 0 saturated carbocycles. The lowest BCUT2D eigenvalue weighted by atomic mass is 10.1. The zero-order valence-electron chi connectivity index (χ0n) is 13.3. The SMILES string of the molecule is COc1cccc(CNCC(=O)O)c1OCc1ccc(C)cc1. The van der Waals surface area contributed by atoms with E-state index in [0.717, 1.165) is 11.1 Å². The highest BCUT2D eigenvalue weighted by Crippen LogP contribution is 2.31. The average molecular weight is 315 g/mol. The van der Waals surface area contributed by atoms with E-state index in [0.29, 0.717) is 24.7 Å². The summed E-state index contributed by atoms with van der Waals surface area (Å²) in [5, 5.41) is 11.6. The number of rotatable bonds is 8. The molecule has 2 aromatic rings. The number of ether oxygens (including phenoxy) is 2. The number of aliphatic carboxylic acids is 1. The molecule has 2 rings (SSSR count). The maximum absolute atomic E-state index is 10.6. The molecule has 0 unspecified atom stereocenters. The van der Waals surface area contributed by atoms with Gasteiger partial charge in [0.1, 0.15) is 6.61 Å². The molecular weight excluding hydrogens is 294 g/mol. The Bertz CT molecular complexity index is 653. The first-order chi connectivity index (χ1) is 11.1. The van der Waals surface area contributed by atoms with E-state index in [-0.39, 0.29) is 6.54 Å². The Labute approximate surface area is 135 Å². The number of carbonyl (C=O) groups is 1. The third kappa shape index (κ3) is 5.00. The summed E-state index contributed by atoms with van der Waals surface area (Å²) in [6.45, 7) is 2.75. The van der Waals surface area contributed by atoms with Crippen LogP contribution in [-0.2, 0) is 17.9 Å². The number of carboxylic acids is 1. The smallest absolute Gasteiger partial charge is 0.317 e. The van der Waals surface area contributed by atoms with Crippen LogP contribution < -0.4 is 14.8 Å². The number of nitrogens with one attached hydrogen (secondary N) is 1. The quantitative estimate of drug-likeness (QED) is 0.784. The summed E-state index contributed by atoms with van der Waals surface area (Å²) in [5.74, 6) is 0.371. The first-order valence-corrected chi connectivity index (χ1v) is 7.37. The second-order valence-electron chi connectivity index (χ2n) is 5.22. The fourth-order valence-electron chi connectivity index (χ4n) is 2.17. The zero-order valence-corrected chi connectivity index (χ0v) is 13.3. The molecule has 0 aliphatic rings. The van der Waals surface area contributed by atoms with Gasteiger partial charge in [0.2, 0.25) is 0 Å². The Morgan fingerprint density at radius 1 is 1.17 bits per heavy atom. The molecule has 2 N–H and O–H groups in total. The van der Waals surface area contributed by atoms with Gasteiger partial charge in [0.05, 0.1) is 13.7 Å². The second-order valence-corrected chi connectivity index (χ2v) is 5.22. The summed E-state index contributed by atoms with van der Waals surface area (Å²) < 4.78 is 11.3. The third-order valence-corrected chi connectivity index (χ3v) is 3.38. The molecule has 0 bridgehead atoms. The van der Waals surface area contributed by atoms with Crippen LogP contribution in [0.4, 0.5) is 0 Å². The Morgan fingerprint density at radius 3 is 2.57 bits per heavy atom. The van der Waals surface area contributed by atoms with Crippen LogP contribution in [-0.4, -0.2) is 24.7 Å². The molecule has 23 heavy (non-hydrogen) atoms. The number of hydrogen-bond donors (Lipinski definition) is 2.